The fourth-order valence-corrected chi connectivity index (χ4v) is 2.70. The van der Waals surface area contributed by atoms with Crippen LogP contribution in [0.5, 0.6) is 0 Å². The van der Waals surface area contributed by atoms with Gasteiger partial charge in [-0.1, -0.05) is 22.0 Å². The number of rotatable bonds is 6. The summed E-state index contributed by atoms with van der Waals surface area (Å²) in [4.78, 5) is 34.3. The van der Waals surface area contributed by atoms with Crippen molar-refractivity contribution < 1.29 is 19.5 Å². The first-order valence-electron chi connectivity index (χ1n) is 5.78. The van der Waals surface area contributed by atoms with E-state index in [4.69, 9.17) is 5.11 Å². The molecule has 0 aliphatic carbocycles. The Morgan fingerprint density at radius 3 is 2.71 bits per heavy atom. The van der Waals surface area contributed by atoms with Crippen molar-refractivity contribution in [2.75, 3.05) is 12.3 Å². The highest BCUT2D eigenvalue weighted by Gasteiger charge is 2.13. The summed E-state index contributed by atoms with van der Waals surface area (Å²) in [5.74, 6) is -1.66. The number of carbonyl (C=O) groups excluding carboxylic acids is 2. The van der Waals surface area contributed by atoms with Gasteiger partial charge in [0.1, 0.15) is 0 Å². The summed E-state index contributed by atoms with van der Waals surface area (Å²) in [5, 5.41) is 13.6. The van der Waals surface area contributed by atoms with E-state index >= 15 is 0 Å². The molecule has 8 heteroatoms. The molecule has 21 heavy (non-hydrogen) atoms. The average molecular weight is 373 g/mol. The normalized spacial score (nSPS) is 9.76. The Labute approximate surface area is 134 Å². The maximum absolute atomic E-state index is 11.6. The number of urea groups is 1. The summed E-state index contributed by atoms with van der Waals surface area (Å²) in [6.07, 6.45) is 1.49. The van der Waals surface area contributed by atoms with Gasteiger partial charge in [-0.25, -0.2) is 9.59 Å². The molecule has 0 fully saturated rings. The molecule has 3 N–H and O–H groups in total. The van der Waals surface area contributed by atoms with Crippen molar-refractivity contribution in [3.63, 3.8) is 0 Å². The van der Waals surface area contributed by atoms with Gasteiger partial charge in [-0.05, 0) is 18.2 Å². The molecular weight excluding hydrogens is 360 g/mol. The van der Waals surface area contributed by atoms with Gasteiger partial charge in [-0.3, -0.25) is 10.1 Å². The second-order valence-corrected chi connectivity index (χ2v) is 5.71. The summed E-state index contributed by atoms with van der Waals surface area (Å²) < 4.78 is 0.708. The second-order valence-electron chi connectivity index (χ2n) is 3.78. The molecule has 3 amide bonds. The molecule has 0 bridgehead atoms. The summed E-state index contributed by atoms with van der Waals surface area (Å²) in [5.41, 5.74) is 0.104. The average Bonchev–Trinajstić information content (AvgIpc) is 2.42. The summed E-state index contributed by atoms with van der Waals surface area (Å²) in [7, 11) is 0. The zero-order valence-electron chi connectivity index (χ0n) is 10.9. The van der Waals surface area contributed by atoms with E-state index < -0.39 is 17.9 Å². The minimum Gasteiger partial charge on any atom is -0.478 e. The maximum atomic E-state index is 11.6. The SMILES string of the molecule is C=CCNC(=O)NC(=O)CSc1cc(Br)ccc1C(=O)O. The standard InChI is InChI=1S/C13H13BrN2O4S/c1-2-5-15-13(20)16-11(17)7-21-10-6-8(14)3-4-9(10)12(18)19/h2-4,6H,1,5,7H2,(H,18,19)(H2,15,16,17,20). The Hall–Kier alpha value is -1.80. The number of hydrogen-bond acceptors (Lipinski definition) is 4. The number of thioether (sulfide) groups is 1. The molecule has 0 saturated carbocycles. The second kappa shape index (κ2) is 8.48. The molecule has 1 aromatic carbocycles. The highest BCUT2D eigenvalue weighted by molar-refractivity contribution is 9.10. The van der Waals surface area contributed by atoms with Crippen LogP contribution in [0.25, 0.3) is 0 Å². The Morgan fingerprint density at radius 2 is 2.10 bits per heavy atom. The van der Waals surface area contributed by atoms with Crippen LogP contribution >= 0.6 is 27.7 Å². The topological polar surface area (TPSA) is 95.5 Å². The molecule has 112 valence electrons. The van der Waals surface area contributed by atoms with E-state index in [-0.39, 0.29) is 17.9 Å². The number of hydrogen-bond donors (Lipinski definition) is 3. The van der Waals surface area contributed by atoms with Crippen molar-refractivity contribution in [1.82, 2.24) is 10.6 Å². The smallest absolute Gasteiger partial charge is 0.336 e. The van der Waals surface area contributed by atoms with E-state index in [1.807, 2.05) is 0 Å². The largest absolute Gasteiger partial charge is 0.478 e. The summed E-state index contributed by atoms with van der Waals surface area (Å²) >= 11 is 4.28. The Kier molecular flexibility index (Phi) is 6.97. The lowest BCUT2D eigenvalue weighted by molar-refractivity contribution is -0.117. The number of benzene rings is 1. The van der Waals surface area contributed by atoms with Crippen LogP contribution < -0.4 is 10.6 Å². The molecule has 0 atom stereocenters. The third kappa shape index (κ3) is 6.01. The van der Waals surface area contributed by atoms with Crippen LogP contribution in [-0.2, 0) is 4.79 Å². The molecule has 0 saturated heterocycles. The lowest BCUT2D eigenvalue weighted by Crippen LogP contribution is -2.40. The third-order valence-electron chi connectivity index (χ3n) is 2.19. The predicted octanol–water partition coefficient (Wildman–Crippen LogP) is 2.25. The monoisotopic (exact) mass is 372 g/mol. The third-order valence-corrected chi connectivity index (χ3v) is 3.74. The number of imide groups is 1. The van der Waals surface area contributed by atoms with Gasteiger partial charge in [0.25, 0.3) is 0 Å². The molecule has 0 aliphatic rings. The van der Waals surface area contributed by atoms with E-state index in [9.17, 15) is 14.4 Å². The van der Waals surface area contributed by atoms with Crippen LogP contribution in [0, 0.1) is 0 Å². The molecule has 0 unspecified atom stereocenters. The molecule has 0 heterocycles. The van der Waals surface area contributed by atoms with E-state index in [1.165, 1.54) is 12.1 Å². The Bertz CT molecular complexity index is 577. The van der Waals surface area contributed by atoms with Crippen molar-refractivity contribution in [1.29, 1.82) is 0 Å². The lowest BCUT2D eigenvalue weighted by atomic mass is 10.2. The number of carboxylic acid groups (broad SMARTS) is 1. The molecule has 6 nitrogen and oxygen atoms in total. The number of amides is 3. The molecular formula is C13H13BrN2O4S. The molecule has 0 aromatic heterocycles. The quantitative estimate of drug-likeness (QED) is 0.525. The minimum absolute atomic E-state index is 0.0712. The zero-order valence-corrected chi connectivity index (χ0v) is 13.3. The Balaban J connectivity index is 2.60. The number of aromatic carboxylic acids is 1. The van der Waals surface area contributed by atoms with Gasteiger partial charge < -0.3 is 10.4 Å². The van der Waals surface area contributed by atoms with Crippen LogP contribution in [0.15, 0.2) is 40.2 Å². The van der Waals surface area contributed by atoms with Gasteiger partial charge >= 0.3 is 12.0 Å². The number of carbonyl (C=O) groups is 3. The van der Waals surface area contributed by atoms with Crippen LogP contribution in [0.1, 0.15) is 10.4 Å². The lowest BCUT2D eigenvalue weighted by Gasteiger charge is -2.07. The van der Waals surface area contributed by atoms with Crippen LogP contribution in [-0.4, -0.2) is 35.3 Å². The van der Waals surface area contributed by atoms with Crippen LogP contribution in [0.2, 0.25) is 0 Å². The molecule has 0 radical (unpaired) electrons. The molecule has 0 spiro atoms. The van der Waals surface area contributed by atoms with Gasteiger partial charge in [-0.15, -0.1) is 18.3 Å². The van der Waals surface area contributed by atoms with E-state index in [0.29, 0.717) is 9.37 Å². The van der Waals surface area contributed by atoms with Gasteiger partial charge in [0, 0.05) is 15.9 Å². The van der Waals surface area contributed by atoms with Crippen LogP contribution in [0.3, 0.4) is 0 Å². The first-order chi connectivity index (χ1) is 9.93. The van der Waals surface area contributed by atoms with Crippen molar-refractivity contribution in [2.24, 2.45) is 0 Å². The van der Waals surface area contributed by atoms with E-state index in [0.717, 1.165) is 11.8 Å². The summed E-state index contributed by atoms with van der Waals surface area (Å²) in [6.45, 7) is 3.68. The molecule has 1 rings (SSSR count). The minimum atomic E-state index is -1.07. The maximum Gasteiger partial charge on any atom is 0.336 e. The number of nitrogens with one attached hydrogen (secondary N) is 2. The van der Waals surface area contributed by atoms with Gasteiger partial charge in [-0.2, -0.15) is 0 Å². The Morgan fingerprint density at radius 1 is 1.38 bits per heavy atom. The molecule has 0 aliphatic heterocycles. The van der Waals surface area contributed by atoms with E-state index in [2.05, 4.69) is 33.1 Å². The highest BCUT2D eigenvalue weighted by atomic mass is 79.9. The van der Waals surface area contributed by atoms with Crippen LogP contribution in [0.4, 0.5) is 4.79 Å². The van der Waals surface area contributed by atoms with Crippen molar-refractivity contribution in [3.8, 4) is 0 Å². The van der Waals surface area contributed by atoms with Crippen molar-refractivity contribution >= 4 is 45.6 Å². The van der Waals surface area contributed by atoms with Gasteiger partial charge in [0.05, 0.1) is 11.3 Å². The van der Waals surface area contributed by atoms with Gasteiger partial charge in [0.15, 0.2) is 0 Å². The first-order valence-corrected chi connectivity index (χ1v) is 7.56. The highest BCUT2D eigenvalue weighted by Crippen LogP contribution is 2.26. The fraction of sp³-hybridized carbons (Fsp3) is 0.154. The van der Waals surface area contributed by atoms with E-state index in [1.54, 1.807) is 12.1 Å². The number of halogens is 1. The fourth-order valence-electron chi connectivity index (χ4n) is 1.31. The van der Waals surface area contributed by atoms with Crippen molar-refractivity contribution in [3.05, 3.63) is 40.9 Å². The van der Waals surface area contributed by atoms with Crippen molar-refractivity contribution in [2.45, 2.75) is 4.90 Å². The zero-order chi connectivity index (χ0) is 15.8. The summed E-state index contributed by atoms with van der Waals surface area (Å²) in [6, 6.07) is 4.05. The molecule has 1 aromatic rings. The van der Waals surface area contributed by atoms with Gasteiger partial charge in [0.2, 0.25) is 5.91 Å². The number of carboxylic acids is 1. The first kappa shape index (κ1) is 17.3. The predicted molar refractivity (Wildman–Crippen MR) is 83.6 cm³/mol.